The van der Waals surface area contributed by atoms with Crippen molar-refractivity contribution < 1.29 is 28.7 Å². The van der Waals surface area contributed by atoms with Gasteiger partial charge in [0.1, 0.15) is 6.04 Å². The SMILES string of the molecule is CCOC(=O)c1ccc(NC(=O)COC(=O)[C@@H](CSCc2ccccc2)NC(=O)c2ccccc2)cc1. The summed E-state index contributed by atoms with van der Waals surface area (Å²) in [5.74, 6) is -1.21. The number of ether oxygens (including phenoxy) is 2. The molecule has 0 spiro atoms. The summed E-state index contributed by atoms with van der Waals surface area (Å²) in [5.41, 5.74) is 2.29. The number of hydrogen-bond acceptors (Lipinski definition) is 7. The molecule has 8 nitrogen and oxygen atoms in total. The summed E-state index contributed by atoms with van der Waals surface area (Å²) < 4.78 is 10.1. The van der Waals surface area contributed by atoms with Crippen molar-refractivity contribution in [2.75, 3.05) is 24.3 Å². The normalized spacial score (nSPS) is 11.2. The molecule has 3 aromatic rings. The zero-order valence-corrected chi connectivity index (χ0v) is 21.2. The van der Waals surface area contributed by atoms with Crippen molar-refractivity contribution in [1.29, 1.82) is 0 Å². The second-order valence-corrected chi connectivity index (χ2v) is 8.88. The predicted molar refractivity (Wildman–Crippen MR) is 142 cm³/mol. The number of esters is 2. The van der Waals surface area contributed by atoms with Crippen molar-refractivity contribution >= 4 is 41.2 Å². The van der Waals surface area contributed by atoms with Crippen LogP contribution < -0.4 is 10.6 Å². The second-order valence-electron chi connectivity index (χ2n) is 7.85. The standard InChI is InChI=1S/C28H28N2O6S/c1-2-35-27(33)22-13-15-23(16-14-22)29-25(31)17-36-28(34)24(19-37-18-20-9-5-3-6-10-20)30-26(32)21-11-7-4-8-12-21/h3-16,24H,2,17-19H2,1H3,(H,29,31)(H,30,32)/t24-/m1/s1. The zero-order chi connectivity index (χ0) is 26.5. The van der Waals surface area contributed by atoms with Gasteiger partial charge in [-0.1, -0.05) is 48.5 Å². The highest BCUT2D eigenvalue weighted by molar-refractivity contribution is 7.98. The van der Waals surface area contributed by atoms with E-state index in [9.17, 15) is 19.2 Å². The van der Waals surface area contributed by atoms with Gasteiger partial charge in [0.05, 0.1) is 12.2 Å². The van der Waals surface area contributed by atoms with Crippen LogP contribution >= 0.6 is 11.8 Å². The first-order valence-electron chi connectivity index (χ1n) is 11.7. The summed E-state index contributed by atoms with van der Waals surface area (Å²) in [4.78, 5) is 49.5. The molecular weight excluding hydrogens is 492 g/mol. The van der Waals surface area contributed by atoms with E-state index in [0.29, 0.717) is 22.6 Å². The Morgan fingerprint density at radius 1 is 0.811 bits per heavy atom. The maximum atomic E-state index is 12.8. The van der Waals surface area contributed by atoms with E-state index in [1.807, 2.05) is 30.3 Å². The monoisotopic (exact) mass is 520 g/mol. The van der Waals surface area contributed by atoms with Crippen molar-refractivity contribution in [3.63, 3.8) is 0 Å². The minimum Gasteiger partial charge on any atom is -0.462 e. The molecule has 0 bridgehead atoms. The summed E-state index contributed by atoms with van der Waals surface area (Å²) >= 11 is 1.47. The number of thioether (sulfide) groups is 1. The molecule has 0 aliphatic carbocycles. The Bertz CT molecular complexity index is 1190. The molecule has 0 saturated heterocycles. The lowest BCUT2D eigenvalue weighted by molar-refractivity contribution is -0.148. The molecule has 0 aromatic heterocycles. The third-order valence-corrected chi connectivity index (χ3v) is 6.15. The van der Waals surface area contributed by atoms with Gasteiger partial charge in [0.25, 0.3) is 11.8 Å². The molecule has 3 aromatic carbocycles. The lowest BCUT2D eigenvalue weighted by Crippen LogP contribution is -2.44. The largest absolute Gasteiger partial charge is 0.462 e. The summed E-state index contributed by atoms with van der Waals surface area (Å²) in [6.07, 6.45) is 0. The summed E-state index contributed by atoms with van der Waals surface area (Å²) in [7, 11) is 0. The molecule has 0 saturated carbocycles. The topological polar surface area (TPSA) is 111 Å². The Balaban J connectivity index is 1.55. The molecule has 192 valence electrons. The Labute approximate surface area is 219 Å². The number of rotatable bonds is 12. The number of hydrogen-bond donors (Lipinski definition) is 2. The zero-order valence-electron chi connectivity index (χ0n) is 20.3. The van der Waals surface area contributed by atoms with Gasteiger partial charge < -0.3 is 20.1 Å². The van der Waals surface area contributed by atoms with Gasteiger partial charge in [-0.05, 0) is 48.9 Å². The van der Waals surface area contributed by atoms with Crippen LogP contribution in [0.25, 0.3) is 0 Å². The first kappa shape index (κ1) is 27.5. The van der Waals surface area contributed by atoms with Gasteiger partial charge in [-0.3, -0.25) is 9.59 Å². The van der Waals surface area contributed by atoms with Crippen molar-refractivity contribution in [1.82, 2.24) is 5.32 Å². The third kappa shape index (κ3) is 9.12. The van der Waals surface area contributed by atoms with Crippen LogP contribution in [0, 0.1) is 0 Å². The van der Waals surface area contributed by atoms with Crippen molar-refractivity contribution in [3.05, 3.63) is 102 Å². The average molecular weight is 521 g/mol. The maximum Gasteiger partial charge on any atom is 0.338 e. The Morgan fingerprint density at radius 2 is 1.46 bits per heavy atom. The first-order chi connectivity index (χ1) is 18.0. The summed E-state index contributed by atoms with van der Waals surface area (Å²) in [5, 5.41) is 5.31. The van der Waals surface area contributed by atoms with Gasteiger partial charge in [-0.15, -0.1) is 0 Å². The van der Waals surface area contributed by atoms with Crippen molar-refractivity contribution in [3.8, 4) is 0 Å². The predicted octanol–water partition coefficient (Wildman–Crippen LogP) is 4.08. The van der Waals surface area contributed by atoms with Crippen LogP contribution in [0.2, 0.25) is 0 Å². The molecule has 2 N–H and O–H groups in total. The van der Waals surface area contributed by atoms with E-state index in [-0.39, 0.29) is 12.4 Å². The molecule has 2 amide bonds. The fraction of sp³-hybridized carbons (Fsp3) is 0.214. The van der Waals surface area contributed by atoms with E-state index in [0.717, 1.165) is 5.56 Å². The quantitative estimate of drug-likeness (QED) is 0.346. The van der Waals surface area contributed by atoms with Gasteiger partial charge in [-0.2, -0.15) is 11.8 Å². The van der Waals surface area contributed by atoms with Crippen LogP contribution in [-0.4, -0.2) is 48.8 Å². The van der Waals surface area contributed by atoms with E-state index in [1.54, 1.807) is 49.4 Å². The summed E-state index contributed by atoms with van der Waals surface area (Å²) in [6, 6.07) is 23.5. The van der Waals surface area contributed by atoms with Crippen LogP contribution in [0.1, 0.15) is 33.2 Å². The third-order valence-electron chi connectivity index (χ3n) is 5.05. The highest BCUT2D eigenvalue weighted by atomic mass is 32.2. The Morgan fingerprint density at radius 3 is 2.11 bits per heavy atom. The highest BCUT2D eigenvalue weighted by Crippen LogP contribution is 2.14. The number of anilines is 1. The number of amides is 2. The Kier molecular flexibility index (Phi) is 10.7. The molecular formula is C28H28N2O6S. The molecule has 0 aliphatic heterocycles. The average Bonchev–Trinajstić information content (AvgIpc) is 2.92. The second kappa shape index (κ2) is 14.4. The minimum atomic E-state index is -0.946. The van der Waals surface area contributed by atoms with Crippen molar-refractivity contribution in [2.24, 2.45) is 0 Å². The van der Waals surface area contributed by atoms with Crippen molar-refractivity contribution in [2.45, 2.75) is 18.7 Å². The van der Waals surface area contributed by atoms with Crippen LogP contribution in [0.3, 0.4) is 0 Å². The molecule has 0 unspecified atom stereocenters. The molecule has 37 heavy (non-hydrogen) atoms. The van der Waals surface area contributed by atoms with Gasteiger partial charge in [-0.25, -0.2) is 9.59 Å². The smallest absolute Gasteiger partial charge is 0.338 e. The number of carbonyl (C=O) groups excluding carboxylic acids is 4. The lowest BCUT2D eigenvalue weighted by Gasteiger charge is -2.17. The highest BCUT2D eigenvalue weighted by Gasteiger charge is 2.24. The number of carbonyl (C=O) groups is 4. The van der Waals surface area contributed by atoms with Crippen LogP contribution in [0.5, 0.6) is 0 Å². The minimum absolute atomic E-state index is 0.264. The van der Waals surface area contributed by atoms with E-state index in [4.69, 9.17) is 9.47 Å². The Hall–Kier alpha value is -4.11. The molecule has 0 aliphatic rings. The van der Waals surface area contributed by atoms with Gasteiger partial charge in [0.15, 0.2) is 6.61 Å². The van der Waals surface area contributed by atoms with Crippen LogP contribution in [0.15, 0.2) is 84.9 Å². The molecule has 9 heteroatoms. The fourth-order valence-corrected chi connectivity index (χ4v) is 4.21. The van der Waals surface area contributed by atoms with E-state index in [2.05, 4.69) is 10.6 Å². The van der Waals surface area contributed by atoms with E-state index in [1.165, 1.54) is 23.9 Å². The number of benzene rings is 3. The molecule has 0 fully saturated rings. The fourth-order valence-electron chi connectivity index (χ4n) is 3.21. The lowest BCUT2D eigenvalue weighted by atomic mass is 10.2. The van der Waals surface area contributed by atoms with Crippen LogP contribution in [0.4, 0.5) is 5.69 Å². The van der Waals surface area contributed by atoms with Crippen LogP contribution in [-0.2, 0) is 24.8 Å². The molecule has 1 atom stereocenters. The first-order valence-corrected chi connectivity index (χ1v) is 12.8. The van der Waals surface area contributed by atoms with Gasteiger partial charge in [0.2, 0.25) is 0 Å². The molecule has 3 rings (SSSR count). The van der Waals surface area contributed by atoms with Gasteiger partial charge >= 0.3 is 11.9 Å². The van der Waals surface area contributed by atoms with E-state index >= 15 is 0 Å². The molecule has 0 radical (unpaired) electrons. The molecule has 0 heterocycles. The van der Waals surface area contributed by atoms with Gasteiger partial charge in [0, 0.05) is 22.8 Å². The summed E-state index contributed by atoms with van der Waals surface area (Å²) in [6.45, 7) is 1.45. The van der Waals surface area contributed by atoms with E-state index < -0.39 is 36.4 Å². The number of nitrogens with one attached hydrogen (secondary N) is 2. The maximum absolute atomic E-state index is 12.8.